The third kappa shape index (κ3) is 2.99. The SMILES string of the molecule is OC(Cc1ccc(Cl)cc1)C1CC1c1ccccc1. The average Bonchev–Trinajstić information content (AvgIpc) is 3.23. The summed E-state index contributed by atoms with van der Waals surface area (Å²) in [6.45, 7) is 0. The van der Waals surface area contributed by atoms with Gasteiger partial charge in [-0.25, -0.2) is 0 Å². The zero-order valence-corrected chi connectivity index (χ0v) is 11.4. The van der Waals surface area contributed by atoms with Crippen LogP contribution in [0.1, 0.15) is 23.5 Å². The van der Waals surface area contributed by atoms with Crippen LogP contribution in [-0.2, 0) is 6.42 Å². The Kier molecular flexibility index (Phi) is 3.58. The Morgan fingerprint density at radius 1 is 1.05 bits per heavy atom. The monoisotopic (exact) mass is 272 g/mol. The second-order valence-corrected chi connectivity index (χ2v) is 5.75. The van der Waals surface area contributed by atoms with Crippen molar-refractivity contribution < 1.29 is 5.11 Å². The van der Waals surface area contributed by atoms with E-state index < -0.39 is 0 Å². The summed E-state index contributed by atoms with van der Waals surface area (Å²) >= 11 is 5.86. The van der Waals surface area contributed by atoms with E-state index in [1.54, 1.807) is 0 Å². The van der Waals surface area contributed by atoms with Crippen molar-refractivity contribution in [3.05, 3.63) is 70.7 Å². The van der Waals surface area contributed by atoms with Gasteiger partial charge >= 0.3 is 0 Å². The van der Waals surface area contributed by atoms with Gasteiger partial charge in [-0.15, -0.1) is 0 Å². The first-order chi connectivity index (χ1) is 9.24. The summed E-state index contributed by atoms with van der Waals surface area (Å²) in [6, 6.07) is 18.2. The lowest BCUT2D eigenvalue weighted by molar-refractivity contribution is 0.149. The van der Waals surface area contributed by atoms with Crippen molar-refractivity contribution in [2.75, 3.05) is 0 Å². The molecule has 3 atom stereocenters. The summed E-state index contributed by atoms with van der Waals surface area (Å²) in [5.41, 5.74) is 2.50. The summed E-state index contributed by atoms with van der Waals surface area (Å²) in [6.07, 6.45) is 1.55. The van der Waals surface area contributed by atoms with Crippen molar-refractivity contribution in [3.63, 3.8) is 0 Å². The van der Waals surface area contributed by atoms with Crippen LogP contribution in [0.5, 0.6) is 0 Å². The molecular formula is C17H17ClO. The van der Waals surface area contributed by atoms with Crippen molar-refractivity contribution in [2.24, 2.45) is 5.92 Å². The summed E-state index contributed by atoms with van der Waals surface area (Å²) in [5.74, 6) is 0.932. The van der Waals surface area contributed by atoms with Gasteiger partial charge in [-0.2, -0.15) is 0 Å². The molecule has 0 bridgehead atoms. The van der Waals surface area contributed by atoms with Crippen LogP contribution >= 0.6 is 11.6 Å². The van der Waals surface area contributed by atoms with Crippen LogP contribution in [0.3, 0.4) is 0 Å². The second-order valence-electron chi connectivity index (χ2n) is 5.31. The fraction of sp³-hybridized carbons (Fsp3) is 0.294. The van der Waals surface area contributed by atoms with Gasteiger partial charge in [-0.1, -0.05) is 54.1 Å². The number of hydrogen-bond acceptors (Lipinski definition) is 1. The minimum atomic E-state index is -0.258. The molecule has 3 rings (SSSR count). The molecule has 1 saturated carbocycles. The predicted molar refractivity (Wildman–Crippen MR) is 78.5 cm³/mol. The van der Waals surface area contributed by atoms with E-state index in [2.05, 4.69) is 24.3 Å². The molecule has 0 spiro atoms. The van der Waals surface area contributed by atoms with E-state index in [1.165, 1.54) is 5.56 Å². The lowest BCUT2D eigenvalue weighted by Crippen LogP contribution is -2.14. The molecule has 1 aliphatic carbocycles. The normalized spacial score (nSPS) is 23.1. The van der Waals surface area contributed by atoms with Gasteiger partial charge in [0.05, 0.1) is 6.10 Å². The Balaban J connectivity index is 1.61. The summed E-state index contributed by atoms with van der Waals surface area (Å²) in [5, 5.41) is 11.1. The topological polar surface area (TPSA) is 20.2 Å². The highest BCUT2D eigenvalue weighted by Crippen LogP contribution is 2.49. The van der Waals surface area contributed by atoms with Crippen LogP contribution in [0.4, 0.5) is 0 Å². The van der Waals surface area contributed by atoms with Crippen molar-refractivity contribution in [2.45, 2.75) is 24.9 Å². The van der Waals surface area contributed by atoms with Crippen molar-refractivity contribution in [1.29, 1.82) is 0 Å². The molecule has 0 aromatic heterocycles. The van der Waals surface area contributed by atoms with E-state index in [1.807, 2.05) is 30.3 Å². The zero-order chi connectivity index (χ0) is 13.2. The van der Waals surface area contributed by atoms with Crippen molar-refractivity contribution >= 4 is 11.6 Å². The number of aliphatic hydroxyl groups is 1. The van der Waals surface area contributed by atoms with E-state index in [9.17, 15) is 5.11 Å². The molecule has 2 aromatic carbocycles. The van der Waals surface area contributed by atoms with Crippen LogP contribution in [0, 0.1) is 5.92 Å². The Bertz CT molecular complexity index is 535. The van der Waals surface area contributed by atoms with E-state index >= 15 is 0 Å². The van der Waals surface area contributed by atoms with Gasteiger partial charge in [0.2, 0.25) is 0 Å². The van der Waals surface area contributed by atoms with Crippen molar-refractivity contribution in [3.8, 4) is 0 Å². The Morgan fingerprint density at radius 2 is 1.74 bits per heavy atom. The average molecular weight is 273 g/mol. The lowest BCUT2D eigenvalue weighted by Gasteiger charge is -2.10. The third-order valence-corrected chi connectivity index (χ3v) is 4.17. The van der Waals surface area contributed by atoms with E-state index in [4.69, 9.17) is 11.6 Å². The Hall–Kier alpha value is -1.31. The highest BCUT2D eigenvalue weighted by Gasteiger charge is 2.42. The molecule has 0 radical (unpaired) electrons. The molecule has 19 heavy (non-hydrogen) atoms. The Labute approximate surface area is 118 Å². The van der Waals surface area contributed by atoms with Crippen LogP contribution in [0.15, 0.2) is 54.6 Å². The number of rotatable bonds is 4. The van der Waals surface area contributed by atoms with Gasteiger partial charge in [0.1, 0.15) is 0 Å². The number of halogens is 1. The first-order valence-electron chi connectivity index (χ1n) is 6.71. The van der Waals surface area contributed by atoms with Crippen molar-refractivity contribution in [1.82, 2.24) is 0 Å². The fourth-order valence-electron chi connectivity index (χ4n) is 2.74. The predicted octanol–water partition coefficient (Wildman–Crippen LogP) is 4.05. The smallest absolute Gasteiger partial charge is 0.0614 e. The minimum Gasteiger partial charge on any atom is -0.392 e. The molecule has 1 fully saturated rings. The highest BCUT2D eigenvalue weighted by atomic mass is 35.5. The molecule has 3 unspecified atom stereocenters. The third-order valence-electron chi connectivity index (χ3n) is 3.92. The van der Waals surface area contributed by atoms with Gasteiger partial charge in [0.25, 0.3) is 0 Å². The van der Waals surface area contributed by atoms with Gasteiger partial charge in [0, 0.05) is 5.02 Å². The van der Waals surface area contributed by atoms with E-state index in [0.717, 1.165) is 17.0 Å². The molecule has 0 heterocycles. The maximum absolute atomic E-state index is 10.3. The molecule has 2 aromatic rings. The molecule has 0 saturated heterocycles. The van der Waals surface area contributed by atoms with Gasteiger partial charge in [0.15, 0.2) is 0 Å². The van der Waals surface area contributed by atoms with Crippen LogP contribution in [-0.4, -0.2) is 11.2 Å². The minimum absolute atomic E-state index is 0.258. The summed E-state index contributed by atoms with van der Waals surface area (Å²) in [4.78, 5) is 0. The van der Waals surface area contributed by atoms with Crippen LogP contribution < -0.4 is 0 Å². The molecule has 1 aliphatic rings. The maximum atomic E-state index is 10.3. The zero-order valence-electron chi connectivity index (χ0n) is 10.7. The van der Waals surface area contributed by atoms with Gasteiger partial charge < -0.3 is 5.11 Å². The van der Waals surface area contributed by atoms with E-state index in [-0.39, 0.29) is 6.10 Å². The molecule has 0 amide bonds. The summed E-state index contributed by atoms with van der Waals surface area (Å²) in [7, 11) is 0. The maximum Gasteiger partial charge on any atom is 0.0614 e. The number of aliphatic hydroxyl groups excluding tert-OH is 1. The Morgan fingerprint density at radius 3 is 2.42 bits per heavy atom. The standard InChI is InChI=1S/C17H17ClO/c18-14-8-6-12(7-9-14)10-17(19)16-11-15(16)13-4-2-1-3-5-13/h1-9,15-17,19H,10-11H2. The molecule has 98 valence electrons. The summed E-state index contributed by atoms with van der Waals surface area (Å²) < 4.78 is 0. The quantitative estimate of drug-likeness (QED) is 0.890. The largest absolute Gasteiger partial charge is 0.392 e. The molecule has 2 heteroatoms. The first-order valence-corrected chi connectivity index (χ1v) is 7.09. The van der Waals surface area contributed by atoms with Crippen LogP contribution in [0.25, 0.3) is 0 Å². The van der Waals surface area contributed by atoms with Crippen LogP contribution in [0.2, 0.25) is 5.02 Å². The number of hydrogen-bond donors (Lipinski definition) is 1. The van der Waals surface area contributed by atoms with Gasteiger partial charge in [-0.05, 0) is 47.9 Å². The molecular weight excluding hydrogens is 256 g/mol. The molecule has 1 nitrogen and oxygen atoms in total. The highest BCUT2D eigenvalue weighted by molar-refractivity contribution is 6.30. The fourth-order valence-corrected chi connectivity index (χ4v) is 2.86. The van der Waals surface area contributed by atoms with Gasteiger partial charge in [-0.3, -0.25) is 0 Å². The lowest BCUT2D eigenvalue weighted by atomic mass is 10.0. The molecule has 0 aliphatic heterocycles. The first kappa shape index (κ1) is 12.7. The second kappa shape index (κ2) is 5.36. The molecule has 1 N–H and O–H groups in total. The van der Waals surface area contributed by atoms with E-state index in [0.29, 0.717) is 18.3 Å². The number of benzene rings is 2.